The van der Waals surface area contributed by atoms with Crippen molar-refractivity contribution in [3.05, 3.63) is 48.3 Å². The molecular weight excluding hydrogens is 294 g/mol. The highest BCUT2D eigenvalue weighted by atomic mass is 16.5. The Labute approximate surface area is 133 Å². The number of carbonyl (C=O) groups excluding carboxylic acids is 1. The Kier molecular flexibility index (Phi) is 3.89. The first-order valence-electron chi connectivity index (χ1n) is 7.07. The molecule has 0 spiro atoms. The monoisotopic (exact) mass is 311 g/mol. The maximum absolute atomic E-state index is 12.4. The molecule has 0 radical (unpaired) electrons. The number of rotatable bonds is 4. The Bertz CT molecular complexity index is 871. The maximum Gasteiger partial charge on any atom is 0.255 e. The molecule has 2 aromatic carbocycles. The van der Waals surface area contributed by atoms with Crippen molar-refractivity contribution >= 4 is 22.6 Å². The molecule has 0 fully saturated rings. The zero-order valence-electron chi connectivity index (χ0n) is 13.2. The van der Waals surface area contributed by atoms with Crippen molar-refractivity contribution in [3.8, 4) is 11.5 Å². The van der Waals surface area contributed by atoms with E-state index in [2.05, 4.69) is 10.3 Å². The number of imidazole rings is 1. The predicted octanol–water partition coefficient (Wildman–Crippen LogP) is 2.84. The molecule has 0 saturated heterocycles. The summed E-state index contributed by atoms with van der Waals surface area (Å²) in [5, 5.41) is 2.88. The van der Waals surface area contributed by atoms with E-state index >= 15 is 0 Å². The summed E-state index contributed by atoms with van der Waals surface area (Å²) in [6.07, 6.45) is 1.74. The smallest absolute Gasteiger partial charge is 0.255 e. The molecule has 0 unspecified atom stereocenters. The maximum atomic E-state index is 12.4. The van der Waals surface area contributed by atoms with E-state index in [4.69, 9.17) is 9.47 Å². The molecule has 6 nitrogen and oxygen atoms in total. The van der Waals surface area contributed by atoms with Crippen LogP contribution in [0.15, 0.2) is 42.7 Å². The Morgan fingerprint density at radius 2 is 1.87 bits per heavy atom. The lowest BCUT2D eigenvalue weighted by Crippen LogP contribution is -2.12. The number of benzene rings is 2. The lowest BCUT2D eigenvalue weighted by Gasteiger charge is -2.10. The molecule has 0 aliphatic rings. The third-order valence-electron chi connectivity index (χ3n) is 3.63. The third-order valence-corrected chi connectivity index (χ3v) is 3.63. The lowest BCUT2D eigenvalue weighted by atomic mass is 10.1. The minimum Gasteiger partial charge on any atom is -0.493 e. The van der Waals surface area contributed by atoms with Gasteiger partial charge in [-0.05, 0) is 36.4 Å². The van der Waals surface area contributed by atoms with Crippen LogP contribution in [0.5, 0.6) is 11.5 Å². The molecule has 118 valence electrons. The van der Waals surface area contributed by atoms with Crippen molar-refractivity contribution in [3.63, 3.8) is 0 Å². The van der Waals surface area contributed by atoms with Crippen molar-refractivity contribution in [1.82, 2.24) is 9.55 Å². The summed E-state index contributed by atoms with van der Waals surface area (Å²) >= 11 is 0. The number of aryl methyl sites for hydroxylation is 1. The average molecular weight is 311 g/mol. The van der Waals surface area contributed by atoms with Gasteiger partial charge in [0, 0.05) is 18.3 Å². The molecule has 0 aliphatic heterocycles. The van der Waals surface area contributed by atoms with Crippen molar-refractivity contribution in [1.29, 1.82) is 0 Å². The van der Waals surface area contributed by atoms with Gasteiger partial charge in [-0.3, -0.25) is 4.79 Å². The zero-order valence-corrected chi connectivity index (χ0v) is 13.2. The molecule has 0 bridgehead atoms. The molecule has 23 heavy (non-hydrogen) atoms. The number of aromatic nitrogens is 2. The Balaban J connectivity index is 1.86. The van der Waals surface area contributed by atoms with Gasteiger partial charge in [-0.25, -0.2) is 4.98 Å². The Morgan fingerprint density at radius 1 is 1.09 bits per heavy atom. The van der Waals surface area contributed by atoms with E-state index in [-0.39, 0.29) is 5.91 Å². The van der Waals surface area contributed by atoms with Crippen LogP contribution in [-0.4, -0.2) is 29.7 Å². The SMILES string of the molecule is COc1ccc(C(=O)Nc2ccc3ncn(C)c3c2)cc1OC. The van der Waals surface area contributed by atoms with E-state index in [9.17, 15) is 4.79 Å². The van der Waals surface area contributed by atoms with Gasteiger partial charge in [-0.15, -0.1) is 0 Å². The zero-order chi connectivity index (χ0) is 16.4. The van der Waals surface area contributed by atoms with Gasteiger partial charge in [-0.1, -0.05) is 0 Å². The summed E-state index contributed by atoms with van der Waals surface area (Å²) in [4.78, 5) is 16.7. The van der Waals surface area contributed by atoms with Crippen LogP contribution in [0.3, 0.4) is 0 Å². The summed E-state index contributed by atoms with van der Waals surface area (Å²) in [5.41, 5.74) is 3.04. The van der Waals surface area contributed by atoms with Crippen LogP contribution in [0.25, 0.3) is 11.0 Å². The normalized spacial score (nSPS) is 10.6. The van der Waals surface area contributed by atoms with Crippen LogP contribution >= 0.6 is 0 Å². The largest absolute Gasteiger partial charge is 0.493 e. The fourth-order valence-corrected chi connectivity index (χ4v) is 2.38. The fraction of sp³-hybridized carbons (Fsp3) is 0.176. The van der Waals surface area contributed by atoms with Crippen LogP contribution in [0.2, 0.25) is 0 Å². The van der Waals surface area contributed by atoms with E-state index < -0.39 is 0 Å². The van der Waals surface area contributed by atoms with Gasteiger partial charge in [0.15, 0.2) is 11.5 Å². The third kappa shape index (κ3) is 2.83. The number of anilines is 1. The van der Waals surface area contributed by atoms with Crippen LogP contribution in [0.1, 0.15) is 10.4 Å². The van der Waals surface area contributed by atoms with Gasteiger partial charge in [0.05, 0.1) is 31.6 Å². The van der Waals surface area contributed by atoms with Crippen molar-refractivity contribution in [2.45, 2.75) is 0 Å². The number of methoxy groups -OCH3 is 2. The van der Waals surface area contributed by atoms with E-state index in [0.29, 0.717) is 22.7 Å². The molecule has 1 heterocycles. The van der Waals surface area contributed by atoms with Crippen LogP contribution in [0, 0.1) is 0 Å². The highest BCUT2D eigenvalue weighted by Gasteiger charge is 2.11. The summed E-state index contributed by atoms with van der Waals surface area (Å²) in [6.45, 7) is 0. The fourth-order valence-electron chi connectivity index (χ4n) is 2.38. The molecule has 3 rings (SSSR count). The number of carbonyl (C=O) groups is 1. The van der Waals surface area contributed by atoms with E-state index in [1.807, 2.05) is 29.8 Å². The van der Waals surface area contributed by atoms with Gasteiger partial charge < -0.3 is 19.4 Å². The summed E-state index contributed by atoms with van der Waals surface area (Å²) in [7, 11) is 5.01. The van der Waals surface area contributed by atoms with Gasteiger partial charge in [0.1, 0.15) is 0 Å². The summed E-state index contributed by atoms with van der Waals surface area (Å²) in [5.74, 6) is 0.884. The number of nitrogens with zero attached hydrogens (tertiary/aromatic N) is 2. The Hall–Kier alpha value is -3.02. The quantitative estimate of drug-likeness (QED) is 0.804. The first-order valence-corrected chi connectivity index (χ1v) is 7.07. The molecular formula is C17H17N3O3. The number of amides is 1. The van der Waals surface area contributed by atoms with Crippen molar-refractivity contribution in [2.24, 2.45) is 7.05 Å². The van der Waals surface area contributed by atoms with E-state index in [1.54, 1.807) is 31.6 Å². The molecule has 1 amide bonds. The van der Waals surface area contributed by atoms with Crippen LogP contribution in [-0.2, 0) is 7.05 Å². The molecule has 1 N–H and O–H groups in total. The number of hydrogen-bond donors (Lipinski definition) is 1. The second kappa shape index (κ2) is 6.00. The number of hydrogen-bond acceptors (Lipinski definition) is 4. The second-order valence-electron chi connectivity index (χ2n) is 5.08. The molecule has 6 heteroatoms. The molecule has 0 atom stereocenters. The minimum absolute atomic E-state index is 0.215. The number of ether oxygens (including phenoxy) is 2. The van der Waals surface area contributed by atoms with Gasteiger partial charge in [0.25, 0.3) is 5.91 Å². The number of nitrogens with one attached hydrogen (secondary N) is 1. The molecule has 0 saturated carbocycles. The predicted molar refractivity (Wildman–Crippen MR) is 88.2 cm³/mol. The highest BCUT2D eigenvalue weighted by molar-refractivity contribution is 6.05. The van der Waals surface area contributed by atoms with Crippen LogP contribution in [0.4, 0.5) is 5.69 Å². The summed E-state index contributed by atoms with van der Waals surface area (Å²) < 4.78 is 12.3. The van der Waals surface area contributed by atoms with Crippen molar-refractivity contribution in [2.75, 3.05) is 19.5 Å². The standard InChI is InChI=1S/C17H17N3O3/c1-20-10-18-13-6-5-12(9-14(13)20)19-17(21)11-4-7-15(22-2)16(8-11)23-3/h4-10H,1-3H3,(H,19,21). The first-order chi connectivity index (χ1) is 11.1. The number of fused-ring (bicyclic) bond motifs is 1. The lowest BCUT2D eigenvalue weighted by molar-refractivity contribution is 0.102. The average Bonchev–Trinajstić information content (AvgIpc) is 2.95. The van der Waals surface area contributed by atoms with Crippen molar-refractivity contribution < 1.29 is 14.3 Å². The molecule has 3 aromatic rings. The first kappa shape index (κ1) is 14.9. The van der Waals surface area contributed by atoms with Gasteiger partial charge in [0.2, 0.25) is 0 Å². The minimum atomic E-state index is -0.215. The molecule has 1 aromatic heterocycles. The summed E-state index contributed by atoms with van der Waals surface area (Å²) in [6, 6.07) is 10.6. The molecule has 0 aliphatic carbocycles. The van der Waals surface area contributed by atoms with E-state index in [1.165, 1.54) is 7.11 Å². The topological polar surface area (TPSA) is 65.4 Å². The van der Waals surface area contributed by atoms with Gasteiger partial charge >= 0.3 is 0 Å². The second-order valence-corrected chi connectivity index (χ2v) is 5.08. The Morgan fingerprint density at radius 3 is 2.61 bits per heavy atom. The van der Waals surface area contributed by atoms with E-state index in [0.717, 1.165) is 11.0 Å². The van der Waals surface area contributed by atoms with Gasteiger partial charge in [-0.2, -0.15) is 0 Å². The highest BCUT2D eigenvalue weighted by Crippen LogP contribution is 2.28. The van der Waals surface area contributed by atoms with Crippen LogP contribution < -0.4 is 14.8 Å².